The van der Waals surface area contributed by atoms with E-state index in [1.165, 1.54) is 22.9 Å². The van der Waals surface area contributed by atoms with Crippen LogP contribution in [0, 0.1) is 0 Å². The summed E-state index contributed by atoms with van der Waals surface area (Å²) in [6.45, 7) is 1.96. The van der Waals surface area contributed by atoms with Crippen LogP contribution in [-0.2, 0) is 9.84 Å². The molecule has 0 fully saturated rings. The van der Waals surface area contributed by atoms with E-state index in [-0.39, 0.29) is 15.8 Å². The van der Waals surface area contributed by atoms with Crippen LogP contribution in [0.4, 0.5) is 28.4 Å². The summed E-state index contributed by atoms with van der Waals surface area (Å²) >= 11 is 2.94. The van der Waals surface area contributed by atoms with Crippen LogP contribution in [0.1, 0.15) is 64.5 Å². The number of rotatable bonds is 13. The van der Waals surface area contributed by atoms with Crippen molar-refractivity contribution in [2.45, 2.75) is 14.7 Å². The molecule has 0 bridgehead atoms. The molecule has 552 valence electrons. The van der Waals surface area contributed by atoms with Crippen LogP contribution in [-0.4, -0.2) is 125 Å². The summed E-state index contributed by atoms with van der Waals surface area (Å²) in [5.74, 6) is 3.35. The number of hydrogen-bond donors (Lipinski definition) is 0. The number of hydrogen-bond acceptors (Lipinski definition) is 13. The molecule has 0 saturated heterocycles. The van der Waals surface area contributed by atoms with E-state index in [1.54, 1.807) is 48.3 Å². The number of fused-ring (bicyclic) bond motifs is 5. The molecule has 13 aromatic rings. The molecule has 0 aliphatic carbocycles. The fourth-order valence-corrected chi connectivity index (χ4v) is 14.7. The largest absolute Gasteiger partial charge is 0.434 e. The minimum absolute atomic E-state index is 0.0194. The van der Waals surface area contributed by atoms with Crippen LogP contribution in [0.3, 0.4) is 0 Å². The number of sulfone groups is 1. The van der Waals surface area contributed by atoms with E-state index in [1.807, 2.05) is 292 Å². The number of carbonyl (C=O) groups is 3. The van der Waals surface area contributed by atoms with Crippen LogP contribution in [0.25, 0.3) is 0 Å². The standard InChI is InChI=1S/C21H16NO3.C21H16NO2.C20H16NOS.C16H14NO2S.C15H14NO3S/c23-21(25-18-11-5-2-6-12-18)19-13-7-8-16-14-22(15-24-20(16)19)17-9-3-1-4-10-17;23-20(16-8-3-1-4-9-16)19-13-7-10-17-14-22(15-24-21(17)19)18-11-5-2-6-12-18;1-3-9-17(10-4-1)21-14-16-8-7-13-19(20(16)22-15-21)23-18-11-5-2-6-12-18;1-20-16(18)14-9-5-6-12-10-17(11-19-15(12)14)13-7-3-2-4-8-13;1-20(17,18)14-9-5-6-12-10-16(11-19-15(12)14)13-7-3-2-4-8-13/h1-14H,15H2;1-14H,15H2;1-14H,15H2;2*2-10H,11H2,1H3/q5*+1. The van der Waals surface area contributed by atoms with Gasteiger partial charge < -0.3 is 28.4 Å². The highest BCUT2D eigenvalue weighted by molar-refractivity contribution is 8.13. The number of benzene rings is 13. The fourth-order valence-electron chi connectivity index (χ4n) is 12.6. The van der Waals surface area contributed by atoms with Crippen molar-refractivity contribution in [1.29, 1.82) is 0 Å². The Morgan fingerprint density at radius 2 is 0.643 bits per heavy atom. The topological polar surface area (TPSA) is 156 Å². The molecule has 13 aromatic carbocycles. The van der Waals surface area contributed by atoms with E-state index in [0.717, 1.165) is 66.9 Å². The van der Waals surface area contributed by atoms with Gasteiger partial charge in [-0.3, -0.25) is 9.59 Å². The normalized spacial score (nSPS) is 13.1. The zero-order chi connectivity index (χ0) is 77.0. The van der Waals surface area contributed by atoms with Gasteiger partial charge in [-0.15, -0.1) is 0 Å². The van der Waals surface area contributed by atoms with E-state index in [4.69, 9.17) is 28.4 Å². The summed E-state index contributed by atoms with van der Waals surface area (Å²) in [6.07, 6.45) is 13.1. The van der Waals surface area contributed by atoms with Crippen molar-refractivity contribution in [3.63, 3.8) is 0 Å². The fraction of sp³-hybridized carbons (Fsp3) is 0.0753. The summed E-state index contributed by atoms with van der Waals surface area (Å²) in [6, 6.07) is 107. The molecule has 0 unspecified atom stereocenters. The zero-order valence-electron chi connectivity index (χ0n) is 61.1. The number of ether oxygens (including phenoxy) is 6. The molecule has 19 heteroatoms. The van der Waals surface area contributed by atoms with Gasteiger partial charge in [0.1, 0.15) is 16.2 Å². The van der Waals surface area contributed by atoms with Crippen molar-refractivity contribution < 1.29 is 74.1 Å². The highest BCUT2D eigenvalue weighted by Gasteiger charge is 2.30. The smallest absolute Gasteiger partial charge is 0.347 e. The Kier molecular flexibility index (Phi) is 24.4. The number of carbonyl (C=O) groups excluding carboxylic acids is 3. The minimum Gasteiger partial charge on any atom is -0.434 e. The van der Waals surface area contributed by atoms with Crippen LogP contribution in [0.15, 0.2) is 348 Å². The van der Waals surface area contributed by atoms with E-state index in [2.05, 4.69) is 65.4 Å². The Hall–Kier alpha value is -13.3. The molecule has 0 saturated carbocycles. The number of thioether (sulfide) groups is 1. The summed E-state index contributed by atoms with van der Waals surface area (Å²) in [5, 5.41) is 0.0309. The van der Waals surface area contributed by atoms with Gasteiger partial charge in [-0.05, 0) is 91.2 Å². The Morgan fingerprint density at radius 1 is 0.330 bits per heavy atom. The van der Waals surface area contributed by atoms with Gasteiger partial charge in [0, 0.05) is 77.4 Å². The Bertz CT molecular complexity index is 5820. The van der Waals surface area contributed by atoms with Gasteiger partial charge in [0.05, 0.1) is 43.8 Å². The lowest BCUT2D eigenvalue weighted by atomic mass is 10.00. The van der Waals surface area contributed by atoms with Crippen molar-refractivity contribution in [1.82, 2.24) is 0 Å². The molecular formula is C93H76N5O11S3+5. The molecule has 5 aliphatic heterocycles. The summed E-state index contributed by atoms with van der Waals surface area (Å²) in [5.41, 5.74) is 12.2. The molecular weight excluding hydrogens is 1460 g/mol. The maximum atomic E-state index is 12.8. The average Bonchev–Trinajstić information content (AvgIpc) is 0.810. The van der Waals surface area contributed by atoms with Crippen LogP contribution in [0.5, 0.6) is 34.5 Å². The molecule has 112 heavy (non-hydrogen) atoms. The Balaban J connectivity index is 0.000000117. The second-order valence-electron chi connectivity index (χ2n) is 25.6. The third-order valence-corrected chi connectivity index (χ3v) is 20.8. The van der Waals surface area contributed by atoms with Gasteiger partial charge in [-0.1, -0.05) is 212 Å². The van der Waals surface area contributed by atoms with Gasteiger partial charge in [-0.25, -0.2) is 13.2 Å². The first-order valence-corrected chi connectivity index (χ1v) is 39.8. The second kappa shape index (κ2) is 36.3. The predicted molar refractivity (Wildman–Crippen MR) is 440 cm³/mol. The van der Waals surface area contributed by atoms with Gasteiger partial charge in [0.25, 0.3) is 33.7 Å². The monoisotopic (exact) mass is 1530 g/mol. The lowest BCUT2D eigenvalue weighted by Crippen LogP contribution is -2.23. The third kappa shape index (κ3) is 18.7. The van der Waals surface area contributed by atoms with Crippen molar-refractivity contribution in [3.8, 4) is 34.5 Å². The molecule has 5 heterocycles. The molecule has 0 N–H and O–H groups in total. The summed E-state index contributed by atoms with van der Waals surface area (Å²) < 4.78 is 68.4. The zero-order valence-corrected chi connectivity index (χ0v) is 63.6. The summed E-state index contributed by atoms with van der Waals surface area (Å²) in [7, 11) is -3.29. The molecule has 5 aliphatic rings. The Morgan fingerprint density at radius 3 is 1.05 bits per heavy atom. The van der Waals surface area contributed by atoms with Crippen molar-refractivity contribution >= 4 is 110 Å². The van der Waals surface area contributed by atoms with Gasteiger partial charge in [0.15, 0.2) is 75.4 Å². The summed E-state index contributed by atoms with van der Waals surface area (Å²) in [4.78, 5) is 39.8. The molecule has 0 amide bonds. The molecule has 18 rings (SSSR count). The van der Waals surface area contributed by atoms with Crippen molar-refractivity contribution in [2.24, 2.45) is 0 Å². The van der Waals surface area contributed by atoms with Gasteiger partial charge in [0.2, 0.25) is 33.6 Å². The first-order valence-electron chi connectivity index (χ1n) is 35.9. The first-order chi connectivity index (χ1) is 54.9. The first kappa shape index (κ1) is 75.5. The highest BCUT2D eigenvalue weighted by Crippen LogP contribution is 2.39. The molecule has 16 nitrogen and oxygen atoms in total. The van der Waals surface area contributed by atoms with Gasteiger partial charge in [-0.2, -0.15) is 22.9 Å². The number of para-hydroxylation sites is 11. The van der Waals surface area contributed by atoms with Crippen LogP contribution < -0.4 is 28.4 Å². The molecule has 0 spiro atoms. The Labute approximate surface area is 658 Å². The molecule has 0 atom stereocenters. The molecule has 0 radical (unpaired) electrons. The SMILES string of the molecule is C1=[N+](c2ccccc2)COc2c1cccc2Sc1ccccc1.CS(=O)(=O)c1cccc2c1OC[N+](c1ccccc1)=C2.CSC(=O)c1cccc2c1OC[N+](c1ccccc1)=C2.O=C(Oc1ccccc1)c1cccc2c1OC[N+](c1ccccc1)=C2.O=C(c1ccccc1)c1cccc2c1OC[N+](c1ccccc1)=C2. The average molecular weight is 1540 g/mol. The van der Waals surface area contributed by atoms with E-state index in [0.29, 0.717) is 84.7 Å². The quantitative estimate of drug-likeness (QED) is 0.0466. The number of nitrogens with zero attached hydrogens (tertiary/aromatic N) is 5. The van der Waals surface area contributed by atoms with Crippen LogP contribution >= 0.6 is 23.5 Å². The van der Waals surface area contributed by atoms with E-state index >= 15 is 0 Å². The third-order valence-electron chi connectivity index (χ3n) is 18.0. The minimum atomic E-state index is -3.29. The van der Waals surface area contributed by atoms with Crippen molar-refractivity contribution in [2.75, 3.05) is 46.2 Å². The number of ketones is 1. The van der Waals surface area contributed by atoms with Crippen molar-refractivity contribution in [3.05, 3.63) is 384 Å². The molecule has 0 aromatic heterocycles. The lowest BCUT2D eigenvalue weighted by molar-refractivity contribution is -0.476. The highest BCUT2D eigenvalue weighted by atomic mass is 32.2. The number of esters is 1. The maximum Gasteiger partial charge on any atom is 0.347 e. The predicted octanol–water partition coefficient (Wildman–Crippen LogP) is 18.5. The van der Waals surface area contributed by atoms with Crippen LogP contribution in [0.2, 0.25) is 0 Å². The maximum absolute atomic E-state index is 12.8. The van der Waals surface area contributed by atoms with E-state index < -0.39 is 15.8 Å². The van der Waals surface area contributed by atoms with E-state index in [9.17, 15) is 22.8 Å². The second-order valence-corrected chi connectivity index (χ2v) is 29.5. The van der Waals surface area contributed by atoms with Gasteiger partial charge >= 0.3 is 5.97 Å². The lowest BCUT2D eigenvalue weighted by Gasteiger charge is -2.16.